The van der Waals surface area contributed by atoms with Crippen LogP contribution in [0.3, 0.4) is 0 Å². The van der Waals surface area contributed by atoms with Gasteiger partial charge in [0.25, 0.3) is 0 Å². The molecule has 1 aliphatic carbocycles. The molecule has 21 heavy (non-hydrogen) atoms. The molecule has 6 heteroatoms. The number of anilines is 1. The van der Waals surface area contributed by atoms with E-state index < -0.39 is 17.5 Å². The third-order valence-electron chi connectivity index (χ3n) is 2.77. The molecule has 2 N–H and O–H groups in total. The molecule has 1 aromatic carbocycles. The number of benzene rings is 1. The lowest BCUT2D eigenvalue weighted by Gasteiger charge is -2.15. The highest BCUT2D eigenvalue weighted by molar-refractivity contribution is 6.21. The fourth-order valence-electron chi connectivity index (χ4n) is 1.84. The molecular weight excluding hydrogens is 272 g/mol. The van der Waals surface area contributed by atoms with Crippen molar-refractivity contribution in [3.8, 4) is 5.75 Å². The lowest BCUT2D eigenvalue weighted by atomic mass is 10.1. The fourth-order valence-corrected chi connectivity index (χ4v) is 1.84. The Kier molecular flexibility index (Phi) is 4.18. The van der Waals surface area contributed by atoms with Crippen LogP contribution in [-0.2, 0) is 14.4 Å². The van der Waals surface area contributed by atoms with Crippen LogP contribution in [0.15, 0.2) is 47.8 Å². The number of hydrogen-bond donors (Lipinski definition) is 2. The van der Waals surface area contributed by atoms with Crippen molar-refractivity contribution in [2.75, 3.05) is 12.4 Å². The van der Waals surface area contributed by atoms with Gasteiger partial charge in [-0.05, 0) is 12.1 Å². The molecule has 1 aliphatic rings. The van der Waals surface area contributed by atoms with Gasteiger partial charge in [0.15, 0.2) is 0 Å². The van der Waals surface area contributed by atoms with Crippen LogP contribution in [0.2, 0.25) is 0 Å². The summed E-state index contributed by atoms with van der Waals surface area (Å²) in [6.45, 7) is 1.27. The maximum absolute atomic E-state index is 12.0. The first-order valence-electron chi connectivity index (χ1n) is 6.21. The molecule has 0 bridgehead atoms. The number of carbonyl (C=O) groups excluding carboxylic acids is 3. The van der Waals surface area contributed by atoms with Crippen LogP contribution in [0.25, 0.3) is 0 Å². The monoisotopic (exact) mass is 286 g/mol. The molecule has 1 aromatic rings. The summed E-state index contributed by atoms with van der Waals surface area (Å²) in [5.41, 5.74) is 0.667. The van der Waals surface area contributed by atoms with Gasteiger partial charge in [-0.3, -0.25) is 14.4 Å². The molecule has 2 rings (SSSR count). The number of methoxy groups -OCH3 is 1. The van der Waals surface area contributed by atoms with Crippen LogP contribution in [0.4, 0.5) is 5.69 Å². The standard InChI is InChI=1S/C15H14N2O4/c1-9(18)16-11-7-14(20)12(8-13(11)19)17-10-5-3-4-6-15(10)21-2/h3-8,17H,1-2H3,(H,16,18). The summed E-state index contributed by atoms with van der Waals surface area (Å²) >= 11 is 0. The van der Waals surface area contributed by atoms with E-state index in [1.807, 2.05) is 0 Å². The average Bonchev–Trinajstić information content (AvgIpc) is 2.44. The van der Waals surface area contributed by atoms with E-state index >= 15 is 0 Å². The van der Waals surface area contributed by atoms with Crippen LogP contribution < -0.4 is 15.4 Å². The van der Waals surface area contributed by atoms with Crippen LogP contribution >= 0.6 is 0 Å². The van der Waals surface area contributed by atoms with Gasteiger partial charge in [-0.2, -0.15) is 0 Å². The largest absolute Gasteiger partial charge is 0.495 e. The first kappa shape index (κ1) is 14.5. The second-order valence-electron chi connectivity index (χ2n) is 4.35. The number of hydrogen-bond acceptors (Lipinski definition) is 5. The number of carbonyl (C=O) groups is 3. The molecule has 0 spiro atoms. The van der Waals surface area contributed by atoms with Gasteiger partial charge in [0.1, 0.15) is 5.75 Å². The van der Waals surface area contributed by atoms with Crippen LogP contribution in [0.5, 0.6) is 5.75 Å². The van der Waals surface area contributed by atoms with Crippen molar-refractivity contribution in [1.29, 1.82) is 0 Å². The van der Waals surface area contributed by atoms with E-state index in [9.17, 15) is 14.4 Å². The van der Waals surface area contributed by atoms with Gasteiger partial charge in [0, 0.05) is 19.1 Å². The minimum Gasteiger partial charge on any atom is -0.495 e. The third-order valence-corrected chi connectivity index (χ3v) is 2.77. The maximum atomic E-state index is 12.0. The average molecular weight is 286 g/mol. The Morgan fingerprint density at radius 1 is 1.05 bits per heavy atom. The van der Waals surface area contributed by atoms with E-state index in [0.29, 0.717) is 11.4 Å². The number of ether oxygens (including phenoxy) is 1. The van der Waals surface area contributed by atoms with Crippen LogP contribution in [0, 0.1) is 0 Å². The summed E-state index contributed by atoms with van der Waals surface area (Å²) in [7, 11) is 1.51. The summed E-state index contributed by atoms with van der Waals surface area (Å²) < 4.78 is 5.16. The number of nitrogens with one attached hydrogen (secondary N) is 2. The Morgan fingerprint density at radius 2 is 1.67 bits per heavy atom. The SMILES string of the molecule is COc1ccccc1NC1=CC(=O)C(NC(C)=O)=CC1=O. The Morgan fingerprint density at radius 3 is 2.33 bits per heavy atom. The van der Waals surface area contributed by atoms with Gasteiger partial charge in [-0.15, -0.1) is 0 Å². The van der Waals surface area contributed by atoms with Crippen LogP contribution in [0.1, 0.15) is 6.92 Å². The highest BCUT2D eigenvalue weighted by Gasteiger charge is 2.21. The van der Waals surface area contributed by atoms with Crippen molar-refractivity contribution in [2.45, 2.75) is 6.92 Å². The maximum Gasteiger partial charge on any atom is 0.221 e. The van der Waals surface area contributed by atoms with Gasteiger partial charge in [0.05, 0.1) is 24.2 Å². The Bertz CT molecular complexity index is 674. The van der Waals surface area contributed by atoms with Crippen molar-refractivity contribution in [3.05, 3.63) is 47.8 Å². The van der Waals surface area contributed by atoms with Crippen molar-refractivity contribution in [1.82, 2.24) is 5.32 Å². The highest BCUT2D eigenvalue weighted by atomic mass is 16.5. The van der Waals surface area contributed by atoms with Crippen molar-refractivity contribution >= 4 is 23.2 Å². The van der Waals surface area contributed by atoms with E-state index in [4.69, 9.17) is 4.74 Å². The zero-order valence-electron chi connectivity index (χ0n) is 11.6. The number of allylic oxidation sites excluding steroid dienone is 2. The molecule has 0 aliphatic heterocycles. The van der Waals surface area contributed by atoms with Gasteiger partial charge < -0.3 is 15.4 Å². The lowest BCUT2D eigenvalue weighted by Crippen LogP contribution is -2.29. The number of amides is 1. The zero-order valence-corrected chi connectivity index (χ0v) is 11.6. The molecular formula is C15H14N2O4. The van der Waals surface area contributed by atoms with E-state index in [2.05, 4.69) is 10.6 Å². The predicted molar refractivity (Wildman–Crippen MR) is 76.6 cm³/mol. The Balaban J connectivity index is 2.21. The smallest absolute Gasteiger partial charge is 0.221 e. The topological polar surface area (TPSA) is 84.5 Å². The summed E-state index contributed by atoms with van der Waals surface area (Å²) in [5.74, 6) is -0.696. The first-order chi connectivity index (χ1) is 10.0. The molecule has 0 atom stereocenters. The minimum atomic E-state index is -0.442. The first-order valence-corrected chi connectivity index (χ1v) is 6.21. The number of para-hydroxylation sites is 2. The molecule has 6 nitrogen and oxygen atoms in total. The Hall–Kier alpha value is -2.89. The summed E-state index contributed by atoms with van der Waals surface area (Å²) in [6.07, 6.45) is 2.25. The molecule has 108 valence electrons. The van der Waals surface area contributed by atoms with Crippen molar-refractivity contribution in [3.63, 3.8) is 0 Å². The molecule has 0 saturated heterocycles. The molecule has 0 unspecified atom stereocenters. The summed E-state index contributed by atoms with van der Waals surface area (Å²) in [4.78, 5) is 34.8. The van der Waals surface area contributed by atoms with Gasteiger partial charge in [-0.25, -0.2) is 0 Å². The molecule has 1 amide bonds. The van der Waals surface area contributed by atoms with Crippen molar-refractivity contribution < 1.29 is 19.1 Å². The quantitative estimate of drug-likeness (QED) is 0.811. The van der Waals surface area contributed by atoms with Crippen molar-refractivity contribution in [2.24, 2.45) is 0 Å². The second-order valence-corrected chi connectivity index (χ2v) is 4.35. The van der Waals surface area contributed by atoms with Gasteiger partial charge in [0.2, 0.25) is 17.5 Å². The van der Waals surface area contributed by atoms with E-state index in [0.717, 1.165) is 12.2 Å². The second kappa shape index (κ2) is 6.04. The third kappa shape index (κ3) is 3.36. The van der Waals surface area contributed by atoms with Gasteiger partial charge in [-0.1, -0.05) is 12.1 Å². The minimum absolute atomic E-state index is 0.0296. The van der Waals surface area contributed by atoms with E-state index in [-0.39, 0.29) is 11.4 Å². The molecule has 0 radical (unpaired) electrons. The van der Waals surface area contributed by atoms with Gasteiger partial charge >= 0.3 is 0 Å². The van der Waals surface area contributed by atoms with E-state index in [1.165, 1.54) is 14.0 Å². The van der Waals surface area contributed by atoms with Crippen LogP contribution in [-0.4, -0.2) is 24.6 Å². The molecule has 0 aromatic heterocycles. The van der Waals surface area contributed by atoms with E-state index in [1.54, 1.807) is 24.3 Å². The summed E-state index contributed by atoms with van der Waals surface area (Å²) in [5, 5.41) is 5.19. The number of ketones is 2. The summed E-state index contributed by atoms with van der Waals surface area (Å²) in [6, 6.07) is 7.03. The highest BCUT2D eigenvalue weighted by Crippen LogP contribution is 2.25. The lowest BCUT2D eigenvalue weighted by molar-refractivity contribution is -0.120. The molecule has 0 fully saturated rings. The molecule has 0 saturated carbocycles. The fraction of sp³-hybridized carbons (Fsp3) is 0.133. The normalized spacial score (nSPS) is 14.2. The Labute approximate surface area is 121 Å². The zero-order chi connectivity index (χ0) is 15.4. The number of rotatable bonds is 4. The predicted octanol–water partition coefficient (Wildman–Crippen LogP) is 1.16. The molecule has 0 heterocycles.